The minimum atomic E-state index is 0.578. The van der Waals surface area contributed by atoms with Crippen molar-refractivity contribution in [2.24, 2.45) is 0 Å². The lowest BCUT2D eigenvalue weighted by atomic mass is 10.1. The molecule has 0 atom stereocenters. The summed E-state index contributed by atoms with van der Waals surface area (Å²) in [6, 6.07) is 7.59. The minimum absolute atomic E-state index is 0.578. The molecule has 0 aromatic heterocycles. The zero-order chi connectivity index (χ0) is 8.97. The fraction of sp³-hybridized carbons (Fsp3) is 0.222. The van der Waals surface area contributed by atoms with E-state index in [0.717, 1.165) is 5.56 Å². The molecular formula is C9H8BrNO. The van der Waals surface area contributed by atoms with Gasteiger partial charge in [-0.15, -0.1) is 0 Å². The summed E-state index contributed by atoms with van der Waals surface area (Å²) in [5.74, 6) is 0.664. The number of methoxy groups -OCH3 is 1. The first-order chi connectivity index (χ1) is 5.83. The second-order valence-corrected chi connectivity index (χ2v) is 2.80. The van der Waals surface area contributed by atoms with Gasteiger partial charge in [0.15, 0.2) is 0 Å². The van der Waals surface area contributed by atoms with Crippen LogP contribution in [0.15, 0.2) is 18.2 Å². The van der Waals surface area contributed by atoms with E-state index in [4.69, 9.17) is 10.00 Å². The molecule has 0 saturated heterocycles. The number of nitrogens with zero attached hydrogens (tertiary/aromatic N) is 1. The van der Waals surface area contributed by atoms with Gasteiger partial charge in [-0.05, 0) is 6.07 Å². The highest BCUT2D eigenvalue weighted by atomic mass is 79.9. The number of rotatable bonds is 2. The Bertz CT molecular complexity index is 317. The van der Waals surface area contributed by atoms with Crippen molar-refractivity contribution in [3.05, 3.63) is 29.3 Å². The van der Waals surface area contributed by atoms with Crippen molar-refractivity contribution < 1.29 is 4.74 Å². The molecule has 0 aliphatic heterocycles. The topological polar surface area (TPSA) is 33.0 Å². The van der Waals surface area contributed by atoms with Crippen molar-refractivity contribution >= 4 is 15.9 Å². The highest BCUT2D eigenvalue weighted by molar-refractivity contribution is 9.08. The highest BCUT2D eigenvalue weighted by Crippen LogP contribution is 2.24. The van der Waals surface area contributed by atoms with Crippen LogP contribution >= 0.6 is 15.9 Å². The van der Waals surface area contributed by atoms with Gasteiger partial charge in [-0.25, -0.2) is 0 Å². The molecular weight excluding hydrogens is 218 g/mol. The molecule has 12 heavy (non-hydrogen) atoms. The van der Waals surface area contributed by atoms with Crippen LogP contribution in [0, 0.1) is 11.3 Å². The first-order valence-electron chi connectivity index (χ1n) is 3.45. The van der Waals surface area contributed by atoms with Gasteiger partial charge in [0.1, 0.15) is 11.8 Å². The van der Waals surface area contributed by atoms with Gasteiger partial charge in [0.2, 0.25) is 0 Å². The highest BCUT2D eigenvalue weighted by Gasteiger charge is 2.05. The van der Waals surface area contributed by atoms with E-state index in [-0.39, 0.29) is 0 Å². The third-order valence-electron chi connectivity index (χ3n) is 1.57. The van der Waals surface area contributed by atoms with Crippen molar-refractivity contribution in [1.29, 1.82) is 5.26 Å². The number of benzene rings is 1. The molecule has 2 nitrogen and oxygen atoms in total. The summed E-state index contributed by atoms with van der Waals surface area (Å²) < 4.78 is 5.11. The summed E-state index contributed by atoms with van der Waals surface area (Å²) in [6.45, 7) is 0. The Morgan fingerprint density at radius 3 is 2.83 bits per heavy atom. The summed E-state index contributed by atoms with van der Waals surface area (Å²) in [7, 11) is 1.57. The fourth-order valence-electron chi connectivity index (χ4n) is 1.02. The third-order valence-corrected chi connectivity index (χ3v) is 2.17. The summed E-state index contributed by atoms with van der Waals surface area (Å²) in [6.07, 6.45) is 0. The molecule has 1 aromatic carbocycles. The van der Waals surface area contributed by atoms with Crippen LogP contribution in [0.1, 0.15) is 11.1 Å². The molecule has 0 spiro atoms. The third kappa shape index (κ3) is 1.59. The Kier molecular flexibility index (Phi) is 3.12. The molecule has 1 aromatic rings. The molecule has 0 radical (unpaired) electrons. The van der Waals surface area contributed by atoms with Crippen LogP contribution in [-0.2, 0) is 5.33 Å². The zero-order valence-electron chi connectivity index (χ0n) is 6.67. The van der Waals surface area contributed by atoms with E-state index < -0.39 is 0 Å². The number of halogens is 1. The Balaban J connectivity index is 3.24. The average molecular weight is 226 g/mol. The molecule has 62 valence electrons. The molecule has 0 bridgehead atoms. The molecule has 0 aliphatic carbocycles. The Labute approximate surface area is 79.9 Å². The first-order valence-corrected chi connectivity index (χ1v) is 4.57. The summed E-state index contributed by atoms with van der Waals surface area (Å²) in [4.78, 5) is 0. The van der Waals surface area contributed by atoms with Crippen molar-refractivity contribution in [1.82, 2.24) is 0 Å². The minimum Gasteiger partial charge on any atom is -0.495 e. The van der Waals surface area contributed by atoms with E-state index in [9.17, 15) is 0 Å². The van der Waals surface area contributed by atoms with Crippen LogP contribution in [0.25, 0.3) is 0 Å². The molecule has 3 heteroatoms. The van der Waals surface area contributed by atoms with Gasteiger partial charge in [-0.1, -0.05) is 28.1 Å². The van der Waals surface area contributed by atoms with E-state index in [1.807, 2.05) is 12.1 Å². The van der Waals surface area contributed by atoms with Crippen molar-refractivity contribution in [2.45, 2.75) is 5.33 Å². The van der Waals surface area contributed by atoms with E-state index in [2.05, 4.69) is 22.0 Å². The van der Waals surface area contributed by atoms with Crippen LogP contribution in [0.2, 0.25) is 0 Å². The van der Waals surface area contributed by atoms with Crippen molar-refractivity contribution in [3.8, 4) is 11.8 Å². The number of para-hydroxylation sites is 1. The number of alkyl halides is 1. The second kappa shape index (κ2) is 4.13. The normalized spacial score (nSPS) is 9.08. The van der Waals surface area contributed by atoms with Crippen molar-refractivity contribution in [3.63, 3.8) is 0 Å². The van der Waals surface area contributed by atoms with Gasteiger partial charge in [0, 0.05) is 10.9 Å². The van der Waals surface area contributed by atoms with E-state index in [0.29, 0.717) is 16.6 Å². The maximum Gasteiger partial charge on any atom is 0.140 e. The van der Waals surface area contributed by atoms with Crippen LogP contribution in [0.3, 0.4) is 0 Å². The SMILES string of the molecule is COc1c(C#N)cccc1CBr. The Morgan fingerprint density at radius 2 is 2.33 bits per heavy atom. The lowest BCUT2D eigenvalue weighted by Crippen LogP contribution is -1.92. The van der Waals surface area contributed by atoms with Crippen LogP contribution in [-0.4, -0.2) is 7.11 Å². The van der Waals surface area contributed by atoms with Gasteiger partial charge in [-0.2, -0.15) is 5.26 Å². The summed E-state index contributed by atoms with van der Waals surface area (Å²) in [5.41, 5.74) is 1.58. The van der Waals surface area contributed by atoms with Crippen LogP contribution < -0.4 is 4.74 Å². The van der Waals surface area contributed by atoms with Gasteiger partial charge < -0.3 is 4.74 Å². The van der Waals surface area contributed by atoms with Gasteiger partial charge in [0.25, 0.3) is 0 Å². The lowest BCUT2D eigenvalue weighted by Gasteiger charge is -2.06. The second-order valence-electron chi connectivity index (χ2n) is 2.24. The standard InChI is InChI=1S/C9H8BrNO/c1-12-9-7(5-10)3-2-4-8(9)6-11/h2-4H,5H2,1H3. The molecule has 1 rings (SSSR count). The average Bonchev–Trinajstić information content (AvgIpc) is 2.16. The summed E-state index contributed by atoms with van der Waals surface area (Å²) >= 11 is 3.32. The quantitative estimate of drug-likeness (QED) is 0.725. The Hall–Kier alpha value is -1.01. The maximum atomic E-state index is 8.72. The fourth-order valence-corrected chi connectivity index (χ4v) is 1.46. The maximum absolute atomic E-state index is 8.72. The van der Waals surface area contributed by atoms with Crippen LogP contribution in [0.5, 0.6) is 5.75 Å². The van der Waals surface area contributed by atoms with Gasteiger partial charge >= 0.3 is 0 Å². The van der Waals surface area contributed by atoms with E-state index in [1.165, 1.54) is 0 Å². The summed E-state index contributed by atoms with van der Waals surface area (Å²) in [5, 5.41) is 9.42. The lowest BCUT2D eigenvalue weighted by molar-refractivity contribution is 0.410. The number of hydrogen-bond acceptors (Lipinski definition) is 2. The molecule has 0 heterocycles. The smallest absolute Gasteiger partial charge is 0.140 e. The number of ether oxygens (including phenoxy) is 1. The zero-order valence-corrected chi connectivity index (χ0v) is 8.26. The predicted octanol–water partition coefficient (Wildman–Crippen LogP) is 2.46. The van der Waals surface area contributed by atoms with Crippen LogP contribution in [0.4, 0.5) is 0 Å². The largest absolute Gasteiger partial charge is 0.495 e. The van der Waals surface area contributed by atoms with Gasteiger partial charge in [-0.3, -0.25) is 0 Å². The van der Waals surface area contributed by atoms with Crippen molar-refractivity contribution in [2.75, 3.05) is 7.11 Å². The predicted molar refractivity (Wildman–Crippen MR) is 50.3 cm³/mol. The molecule has 0 aliphatic rings. The Morgan fingerprint density at radius 1 is 1.58 bits per heavy atom. The van der Waals surface area contributed by atoms with E-state index in [1.54, 1.807) is 13.2 Å². The molecule has 0 unspecified atom stereocenters. The molecule has 0 saturated carbocycles. The number of nitriles is 1. The first kappa shape index (κ1) is 9.08. The molecule has 0 amide bonds. The van der Waals surface area contributed by atoms with Gasteiger partial charge in [0.05, 0.1) is 12.7 Å². The molecule has 0 N–H and O–H groups in total. The number of hydrogen-bond donors (Lipinski definition) is 0. The molecule has 0 fully saturated rings. The van der Waals surface area contributed by atoms with E-state index >= 15 is 0 Å². The monoisotopic (exact) mass is 225 g/mol.